The third kappa shape index (κ3) is 14.7. The Kier molecular flexibility index (Phi) is 12.2. The van der Waals surface area contributed by atoms with Gasteiger partial charge in [-0.1, -0.05) is 6.58 Å². The summed E-state index contributed by atoms with van der Waals surface area (Å²) in [5.41, 5.74) is 0.0609. The summed E-state index contributed by atoms with van der Waals surface area (Å²) in [7, 11) is -15.6. The number of hydrogen-bond acceptors (Lipinski definition) is 6. The minimum atomic E-state index is -4.79. The van der Waals surface area contributed by atoms with Gasteiger partial charge in [0.25, 0.3) is 0 Å². The highest BCUT2D eigenvalue weighted by atomic mass is 28.5. The van der Waals surface area contributed by atoms with Gasteiger partial charge in [-0.3, -0.25) is 0 Å². The summed E-state index contributed by atoms with van der Waals surface area (Å²) in [5, 5.41) is 0. The summed E-state index contributed by atoms with van der Waals surface area (Å²) < 4.78 is 149. The van der Waals surface area contributed by atoms with Crippen molar-refractivity contribution >= 4 is 40.2 Å². The lowest BCUT2D eigenvalue weighted by Gasteiger charge is -2.51. The number of ether oxygens (including phenoxy) is 1. The summed E-state index contributed by atoms with van der Waals surface area (Å²) in [6, 6.07) is -3.04. The first-order chi connectivity index (χ1) is 17.3. The molecule has 230 valence electrons. The van der Waals surface area contributed by atoms with Crippen LogP contribution in [0.3, 0.4) is 0 Å². The molecule has 0 N–H and O–H groups in total. The second-order valence-electron chi connectivity index (χ2n) is 10.4. The first-order valence-electron chi connectivity index (χ1n) is 12.1. The van der Waals surface area contributed by atoms with E-state index in [1.165, 1.54) is 33.1 Å². The monoisotopic (exact) mass is 654 g/mol. The number of carbonyl (C=O) groups excluding carboxylic acids is 1. The van der Waals surface area contributed by atoms with Gasteiger partial charge in [-0.25, -0.2) is 4.79 Å². The first kappa shape index (κ1) is 36.3. The molecule has 6 nitrogen and oxygen atoms in total. The highest BCUT2D eigenvalue weighted by Crippen LogP contribution is 2.43. The van der Waals surface area contributed by atoms with Crippen molar-refractivity contribution < 1.29 is 65.5 Å². The van der Waals surface area contributed by atoms with Crippen molar-refractivity contribution in [1.82, 2.24) is 0 Å². The molecule has 1 aliphatic heterocycles. The van der Waals surface area contributed by atoms with Gasteiger partial charge in [0, 0.05) is 24.8 Å². The van der Waals surface area contributed by atoms with E-state index in [0.717, 1.165) is 0 Å². The molecule has 0 bridgehead atoms. The average Bonchev–Trinajstić information content (AvgIpc) is 2.68. The largest absolute Gasteiger partial charge is 0.462 e. The van der Waals surface area contributed by atoms with Crippen LogP contribution in [0.4, 0.5) is 39.5 Å². The zero-order chi connectivity index (χ0) is 30.6. The molecule has 0 aliphatic carbocycles. The first-order valence-corrected chi connectivity index (χ1v) is 22.2. The Bertz CT molecular complexity index is 831. The second-order valence-corrected chi connectivity index (χ2v) is 24.9. The minimum absolute atomic E-state index is 0.0609. The van der Waals surface area contributed by atoms with Crippen molar-refractivity contribution in [2.75, 3.05) is 6.61 Å². The second kappa shape index (κ2) is 13.1. The lowest BCUT2D eigenvalue weighted by Crippen LogP contribution is -2.67. The number of esters is 1. The Labute approximate surface area is 226 Å². The van der Waals surface area contributed by atoms with Crippen LogP contribution in [-0.2, 0) is 26.0 Å². The summed E-state index contributed by atoms with van der Waals surface area (Å²) >= 11 is 0. The number of rotatable bonds is 11. The Morgan fingerprint density at radius 1 is 0.667 bits per heavy atom. The Hall–Kier alpha value is -0.712. The van der Waals surface area contributed by atoms with Crippen LogP contribution in [0.5, 0.6) is 0 Å². The van der Waals surface area contributed by atoms with E-state index in [1.807, 2.05) is 0 Å². The maximum absolute atomic E-state index is 13.4. The highest BCUT2D eigenvalue weighted by Gasteiger charge is 2.59. The van der Waals surface area contributed by atoms with E-state index >= 15 is 0 Å². The maximum atomic E-state index is 13.4. The Morgan fingerprint density at radius 2 is 1.03 bits per heavy atom. The van der Waals surface area contributed by atoms with Crippen molar-refractivity contribution in [2.45, 2.75) is 102 Å². The van der Waals surface area contributed by atoms with Crippen molar-refractivity contribution in [3.8, 4) is 0 Å². The Balaban J connectivity index is 3.59. The summed E-state index contributed by atoms with van der Waals surface area (Å²) in [6.45, 7) is 10.3. The third-order valence-electron chi connectivity index (χ3n) is 5.38. The summed E-state index contributed by atoms with van der Waals surface area (Å²) in [4.78, 5) is 11.7. The molecule has 1 aliphatic rings. The summed E-state index contributed by atoms with van der Waals surface area (Å²) in [5.74, 6) is -0.770. The molecule has 39 heavy (non-hydrogen) atoms. The molecule has 0 saturated carbocycles. The number of alkyl halides is 9. The molecule has 1 rings (SSSR count). The van der Waals surface area contributed by atoms with Gasteiger partial charge < -0.3 is 21.2 Å². The van der Waals surface area contributed by atoms with Crippen molar-refractivity contribution in [3.05, 3.63) is 12.2 Å². The number of hydrogen-bond donors (Lipinski definition) is 0. The van der Waals surface area contributed by atoms with Gasteiger partial charge in [-0.2, -0.15) is 39.5 Å². The fourth-order valence-corrected chi connectivity index (χ4v) is 27.4. The van der Waals surface area contributed by atoms with Gasteiger partial charge in [0.15, 0.2) is 0 Å². The molecule has 19 heteroatoms. The predicted octanol–water partition coefficient (Wildman–Crippen LogP) is 7.72. The normalized spacial score (nSPS) is 23.5. The fraction of sp³-hybridized carbons (Fsp3) is 0.850. The quantitative estimate of drug-likeness (QED) is 0.0748. The van der Waals surface area contributed by atoms with Crippen LogP contribution < -0.4 is 0 Å². The minimum Gasteiger partial charge on any atom is -0.462 e. The van der Waals surface area contributed by atoms with E-state index in [4.69, 9.17) is 21.2 Å². The van der Waals surface area contributed by atoms with Gasteiger partial charge in [0.2, 0.25) is 0 Å². The standard InChI is InChI=1S/C20H35F9O6Si4/c1-16(2)17(30)31-11-7-12-38(13-8-18(21,22)23)33-36(3,4)32-37(5,6)34-39(35-38,14-9-19(24,25)26)15-10-20(27,28)29/h1,7-15H2,2-6H3. The predicted molar refractivity (Wildman–Crippen MR) is 132 cm³/mol. The molecule has 0 spiro atoms. The molecule has 0 aromatic heterocycles. The molecular weight excluding hydrogens is 620 g/mol. The molecule has 1 fully saturated rings. The van der Waals surface area contributed by atoms with Crippen molar-refractivity contribution in [3.63, 3.8) is 0 Å². The molecule has 0 amide bonds. The van der Waals surface area contributed by atoms with E-state index in [0.29, 0.717) is 0 Å². The highest BCUT2D eigenvalue weighted by molar-refractivity contribution is 6.94. The third-order valence-corrected chi connectivity index (χ3v) is 23.3. The van der Waals surface area contributed by atoms with Gasteiger partial charge in [-0.15, -0.1) is 0 Å². The van der Waals surface area contributed by atoms with Gasteiger partial charge in [-0.05, 0) is 63.7 Å². The molecule has 0 aromatic rings. The maximum Gasteiger partial charge on any atom is 0.389 e. The SMILES string of the molecule is C=C(C)C(=O)OCCC[Si]1(CCC(F)(F)F)O[Si](C)(C)O[Si](C)(C)O[Si](CCC(F)(F)F)(CCC(F)(F)F)O1. The molecule has 0 radical (unpaired) electrons. The smallest absolute Gasteiger partial charge is 0.389 e. The van der Waals surface area contributed by atoms with Gasteiger partial charge in [0.1, 0.15) is 0 Å². The average molecular weight is 655 g/mol. The van der Waals surface area contributed by atoms with E-state index < -0.39 is 96.1 Å². The number of carbonyl (C=O) groups is 1. The zero-order valence-corrected chi connectivity index (χ0v) is 26.4. The molecule has 1 unspecified atom stereocenters. The summed E-state index contributed by atoms with van der Waals surface area (Å²) in [6.07, 6.45) is -19.0. The van der Waals surface area contributed by atoms with Gasteiger partial charge in [0.05, 0.1) is 6.61 Å². The lowest BCUT2D eigenvalue weighted by molar-refractivity contribution is -0.139. The molecule has 0 aromatic carbocycles. The van der Waals surface area contributed by atoms with Crippen molar-refractivity contribution in [1.29, 1.82) is 0 Å². The van der Waals surface area contributed by atoms with Crippen LogP contribution in [0.1, 0.15) is 32.6 Å². The van der Waals surface area contributed by atoms with Gasteiger partial charge >= 0.3 is 58.7 Å². The van der Waals surface area contributed by atoms with Crippen LogP contribution in [0.15, 0.2) is 12.2 Å². The lowest BCUT2D eigenvalue weighted by atomic mass is 10.4. The van der Waals surface area contributed by atoms with Crippen LogP contribution in [-0.4, -0.2) is 65.3 Å². The van der Waals surface area contributed by atoms with Crippen LogP contribution in [0.25, 0.3) is 0 Å². The number of halogens is 9. The topological polar surface area (TPSA) is 63.2 Å². The van der Waals surface area contributed by atoms with Crippen molar-refractivity contribution in [2.24, 2.45) is 0 Å². The molecule has 1 heterocycles. The van der Waals surface area contributed by atoms with Crippen LogP contribution in [0.2, 0.25) is 50.4 Å². The van der Waals surface area contributed by atoms with Crippen LogP contribution >= 0.6 is 0 Å². The molecule has 1 saturated heterocycles. The van der Waals surface area contributed by atoms with E-state index in [1.54, 1.807) is 0 Å². The zero-order valence-electron chi connectivity index (χ0n) is 22.4. The molecule has 1 atom stereocenters. The molecular formula is C20H35F9O6Si4. The van der Waals surface area contributed by atoms with E-state index in [-0.39, 0.29) is 24.6 Å². The Morgan fingerprint density at radius 3 is 1.36 bits per heavy atom. The fourth-order valence-electron chi connectivity index (χ4n) is 4.19. The van der Waals surface area contributed by atoms with E-state index in [2.05, 4.69) is 6.58 Å². The van der Waals surface area contributed by atoms with E-state index in [9.17, 15) is 44.3 Å². The van der Waals surface area contributed by atoms with Crippen LogP contribution in [0, 0.1) is 0 Å².